The topological polar surface area (TPSA) is 52.7 Å². The van der Waals surface area contributed by atoms with Crippen molar-refractivity contribution in [3.63, 3.8) is 0 Å². The van der Waals surface area contributed by atoms with Gasteiger partial charge in [-0.2, -0.15) is 0 Å². The van der Waals surface area contributed by atoms with Crippen molar-refractivity contribution in [2.24, 2.45) is 11.3 Å². The lowest BCUT2D eigenvalue weighted by Gasteiger charge is -2.44. The van der Waals surface area contributed by atoms with Crippen LogP contribution in [0.15, 0.2) is 0 Å². The van der Waals surface area contributed by atoms with Crippen LogP contribution in [0.4, 0.5) is 4.79 Å². The van der Waals surface area contributed by atoms with E-state index in [9.17, 15) is 9.59 Å². The largest absolute Gasteiger partial charge is 0.326 e. The van der Waals surface area contributed by atoms with Crippen molar-refractivity contribution in [1.82, 2.24) is 15.1 Å². The molecule has 5 heteroatoms. The molecule has 0 aromatic heterocycles. The highest BCUT2D eigenvalue weighted by atomic mass is 16.2. The summed E-state index contributed by atoms with van der Waals surface area (Å²) in [7, 11) is 2.04. The molecule has 2 atom stereocenters. The SMILES string of the molecule is C[C@@H]1CC(C)(C)C[C@@]2(C1)NC(=O)N(CN(C)C1CCCC1)C2=O. The summed E-state index contributed by atoms with van der Waals surface area (Å²) in [5.41, 5.74) is -0.581. The lowest BCUT2D eigenvalue weighted by molar-refractivity contribution is -0.136. The molecule has 5 nitrogen and oxygen atoms in total. The molecule has 1 saturated heterocycles. The second-order valence-electron chi connectivity index (χ2n) is 8.94. The smallest absolute Gasteiger partial charge is 0.323 e. The Hall–Kier alpha value is -1.10. The molecule has 130 valence electrons. The zero-order chi connectivity index (χ0) is 16.8. The molecule has 2 saturated carbocycles. The van der Waals surface area contributed by atoms with Gasteiger partial charge in [-0.1, -0.05) is 33.6 Å². The zero-order valence-electron chi connectivity index (χ0n) is 15.0. The number of urea groups is 1. The van der Waals surface area contributed by atoms with Crippen LogP contribution in [0.3, 0.4) is 0 Å². The summed E-state index contributed by atoms with van der Waals surface area (Å²) in [4.78, 5) is 29.2. The summed E-state index contributed by atoms with van der Waals surface area (Å²) < 4.78 is 0. The van der Waals surface area contributed by atoms with Crippen molar-refractivity contribution in [1.29, 1.82) is 0 Å². The third-order valence-electron chi connectivity index (χ3n) is 5.94. The minimum Gasteiger partial charge on any atom is -0.323 e. The Kier molecular flexibility index (Phi) is 4.20. The van der Waals surface area contributed by atoms with Gasteiger partial charge in [-0.15, -0.1) is 0 Å². The van der Waals surface area contributed by atoms with Gasteiger partial charge in [0.2, 0.25) is 0 Å². The van der Waals surface area contributed by atoms with Gasteiger partial charge in [-0.25, -0.2) is 9.69 Å². The fraction of sp³-hybridized carbons (Fsp3) is 0.889. The van der Waals surface area contributed by atoms with Gasteiger partial charge in [0.25, 0.3) is 5.91 Å². The van der Waals surface area contributed by atoms with Gasteiger partial charge in [-0.3, -0.25) is 9.69 Å². The number of amides is 3. The minimum absolute atomic E-state index is 0.00743. The quantitative estimate of drug-likeness (QED) is 0.813. The third kappa shape index (κ3) is 3.12. The van der Waals surface area contributed by atoms with E-state index in [4.69, 9.17) is 0 Å². The van der Waals surface area contributed by atoms with E-state index in [2.05, 4.69) is 31.0 Å². The molecule has 0 radical (unpaired) electrons. The van der Waals surface area contributed by atoms with Crippen molar-refractivity contribution in [2.75, 3.05) is 13.7 Å². The van der Waals surface area contributed by atoms with E-state index < -0.39 is 5.54 Å². The molecule has 1 spiro atoms. The third-order valence-corrected chi connectivity index (χ3v) is 5.94. The number of nitrogens with one attached hydrogen (secondary N) is 1. The number of carbonyl (C=O) groups is 2. The number of rotatable bonds is 3. The summed E-state index contributed by atoms with van der Waals surface area (Å²) in [6, 6.07) is 0.304. The van der Waals surface area contributed by atoms with E-state index in [1.165, 1.54) is 30.6 Å². The minimum atomic E-state index is -0.672. The monoisotopic (exact) mass is 321 g/mol. The van der Waals surface area contributed by atoms with Gasteiger partial charge in [-0.05, 0) is 50.5 Å². The molecule has 23 heavy (non-hydrogen) atoms. The Morgan fingerprint density at radius 3 is 2.48 bits per heavy atom. The van der Waals surface area contributed by atoms with Crippen molar-refractivity contribution in [2.45, 2.75) is 77.3 Å². The van der Waals surface area contributed by atoms with E-state index >= 15 is 0 Å². The van der Waals surface area contributed by atoms with Crippen LogP contribution >= 0.6 is 0 Å². The van der Waals surface area contributed by atoms with Crippen LogP contribution in [0.25, 0.3) is 0 Å². The summed E-state index contributed by atoms with van der Waals surface area (Å²) in [5, 5.41) is 3.06. The highest BCUT2D eigenvalue weighted by Gasteiger charge is 2.56. The predicted octanol–water partition coefficient (Wildman–Crippen LogP) is 2.96. The molecule has 0 unspecified atom stereocenters. The Balaban J connectivity index is 1.74. The number of nitrogens with zero attached hydrogens (tertiary/aromatic N) is 2. The van der Waals surface area contributed by atoms with E-state index in [1.54, 1.807) is 0 Å². The van der Waals surface area contributed by atoms with Crippen molar-refractivity contribution >= 4 is 11.9 Å². The maximum Gasteiger partial charge on any atom is 0.326 e. The fourth-order valence-electron chi connectivity index (χ4n) is 5.32. The standard InChI is InChI=1S/C18H31N3O2/c1-13-9-17(2,3)11-18(10-13)15(22)21(16(23)19-18)12-20(4)14-7-5-6-8-14/h13-14H,5-12H2,1-4H3,(H,19,23)/t13-,18-/m1/s1. The molecule has 0 bridgehead atoms. The van der Waals surface area contributed by atoms with Crippen LogP contribution in [0.1, 0.15) is 65.7 Å². The number of hydrogen-bond acceptors (Lipinski definition) is 3. The molecular weight excluding hydrogens is 290 g/mol. The Bertz CT molecular complexity index is 498. The van der Waals surface area contributed by atoms with Crippen LogP contribution in [-0.2, 0) is 4.79 Å². The summed E-state index contributed by atoms with van der Waals surface area (Å²) in [6.45, 7) is 7.02. The lowest BCUT2D eigenvalue weighted by atomic mass is 9.64. The van der Waals surface area contributed by atoms with Crippen LogP contribution < -0.4 is 5.32 Å². The first kappa shape index (κ1) is 16.7. The Labute approximate surface area is 139 Å². The van der Waals surface area contributed by atoms with E-state index in [-0.39, 0.29) is 17.4 Å². The summed E-state index contributed by atoms with van der Waals surface area (Å²) >= 11 is 0. The van der Waals surface area contributed by atoms with Gasteiger partial charge in [0.1, 0.15) is 5.54 Å². The van der Waals surface area contributed by atoms with Crippen molar-refractivity contribution in [3.8, 4) is 0 Å². The second-order valence-corrected chi connectivity index (χ2v) is 8.94. The van der Waals surface area contributed by atoms with E-state index in [1.807, 2.05) is 7.05 Å². The molecule has 0 aromatic carbocycles. The second kappa shape index (κ2) is 5.76. The van der Waals surface area contributed by atoms with Gasteiger partial charge in [0, 0.05) is 6.04 Å². The Morgan fingerprint density at radius 2 is 1.87 bits per heavy atom. The average Bonchev–Trinajstić information content (AvgIpc) is 3.00. The van der Waals surface area contributed by atoms with Gasteiger partial charge >= 0.3 is 6.03 Å². The number of imide groups is 1. The first-order valence-electron chi connectivity index (χ1n) is 9.07. The molecule has 3 rings (SSSR count). The average molecular weight is 321 g/mol. The van der Waals surface area contributed by atoms with Crippen molar-refractivity contribution in [3.05, 3.63) is 0 Å². The first-order valence-corrected chi connectivity index (χ1v) is 9.07. The molecule has 0 aromatic rings. The normalized spacial score (nSPS) is 34.7. The molecule has 3 amide bonds. The van der Waals surface area contributed by atoms with Gasteiger partial charge < -0.3 is 5.32 Å². The molecular formula is C18H31N3O2. The van der Waals surface area contributed by atoms with Crippen LogP contribution in [0.2, 0.25) is 0 Å². The van der Waals surface area contributed by atoms with Crippen LogP contribution in [0, 0.1) is 11.3 Å². The van der Waals surface area contributed by atoms with Crippen molar-refractivity contribution < 1.29 is 9.59 Å². The van der Waals surface area contributed by atoms with E-state index in [0.717, 1.165) is 19.3 Å². The van der Waals surface area contributed by atoms with Crippen LogP contribution in [0.5, 0.6) is 0 Å². The highest BCUT2D eigenvalue weighted by molar-refractivity contribution is 6.07. The predicted molar refractivity (Wildman–Crippen MR) is 89.8 cm³/mol. The zero-order valence-corrected chi connectivity index (χ0v) is 15.0. The molecule has 1 N–H and O–H groups in total. The number of hydrogen-bond donors (Lipinski definition) is 1. The molecule has 1 heterocycles. The van der Waals surface area contributed by atoms with Crippen LogP contribution in [-0.4, -0.2) is 47.0 Å². The maximum absolute atomic E-state index is 13.1. The molecule has 3 fully saturated rings. The maximum atomic E-state index is 13.1. The summed E-state index contributed by atoms with van der Waals surface area (Å²) in [6.07, 6.45) is 7.49. The highest BCUT2D eigenvalue weighted by Crippen LogP contribution is 2.46. The Morgan fingerprint density at radius 1 is 1.22 bits per heavy atom. The molecule has 2 aliphatic carbocycles. The fourth-order valence-corrected chi connectivity index (χ4v) is 5.32. The van der Waals surface area contributed by atoms with E-state index in [0.29, 0.717) is 18.6 Å². The summed E-state index contributed by atoms with van der Waals surface area (Å²) in [5.74, 6) is 0.447. The van der Waals surface area contributed by atoms with Gasteiger partial charge in [0.05, 0.1) is 6.67 Å². The van der Waals surface area contributed by atoms with Gasteiger partial charge in [0.15, 0.2) is 0 Å². The molecule has 1 aliphatic heterocycles. The lowest BCUT2D eigenvalue weighted by Crippen LogP contribution is -2.54. The molecule has 3 aliphatic rings. The number of carbonyl (C=O) groups excluding carboxylic acids is 2. The first-order chi connectivity index (χ1) is 10.7.